The Balaban J connectivity index is 1.31. The van der Waals surface area contributed by atoms with Crippen LogP contribution in [0.25, 0.3) is 5.69 Å². The summed E-state index contributed by atoms with van der Waals surface area (Å²) in [6.07, 6.45) is 5.09. The summed E-state index contributed by atoms with van der Waals surface area (Å²) in [6.45, 7) is 7.33. The Morgan fingerprint density at radius 2 is 1.84 bits per heavy atom. The lowest BCUT2D eigenvalue weighted by Crippen LogP contribution is -2.43. The number of rotatable bonds is 7. The van der Waals surface area contributed by atoms with E-state index < -0.39 is 11.6 Å². The molecule has 0 spiro atoms. The third-order valence-corrected chi connectivity index (χ3v) is 6.29. The lowest BCUT2D eigenvalue weighted by atomic mass is 10.0. The van der Waals surface area contributed by atoms with Crippen molar-refractivity contribution in [2.24, 2.45) is 0 Å². The zero-order valence-corrected chi connectivity index (χ0v) is 18.2. The molecule has 1 aromatic heterocycles. The Bertz CT molecular complexity index is 994. The number of benzene rings is 2. The number of nitrogens with one attached hydrogen (secondary N) is 1. The highest BCUT2D eigenvalue weighted by Crippen LogP contribution is 2.24. The zero-order chi connectivity index (χ0) is 21.8. The largest absolute Gasteiger partial charge is 0.307 e. The molecule has 0 unspecified atom stereocenters. The maximum absolute atomic E-state index is 14.2. The summed E-state index contributed by atoms with van der Waals surface area (Å²) in [5.41, 5.74) is 3.56. The highest BCUT2D eigenvalue weighted by Gasteiger charge is 2.23. The van der Waals surface area contributed by atoms with Crippen molar-refractivity contribution < 1.29 is 8.78 Å². The first kappa shape index (κ1) is 21.7. The maximum atomic E-state index is 14.2. The molecule has 3 aromatic rings. The van der Waals surface area contributed by atoms with Gasteiger partial charge in [0.25, 0.3) is 0 Å². The summed E-state index contributed by atoms with van der Waals surface area (Å²) < 4.78 is 29.0. The standard InChI is InChI=1S/C25H30F2N4/c1-18(23-17-28-31(19(23)2)25-9-8-21(26)16-24(25)27)29-22-11-14-30(15-12-22)13-10-20-6-4-3-5-7-20/h3-9,16-18,22,29H,10-15H2,1-2H3/t18-/m0/s1. The average Bonchev–Trinajstić information content (AvgIpc) is 3.15. The lowest BCUT2D eigenvalue weighted by molar-refractivity contribution is 0.194. The van der Waals surface area contributed by atoms with Crippen LogP contribution >= 0.6 is 0 Å². The average molecular weight is 425 g/mol. The monoisotopic (exact) mass is 424 g/mol. The fourth-order valence-corrected chi connectivity index (χ4v) is 4.44. The molecule has 2 heterocycles. The number of hydrogen-bond donors (Lipinski definition) is 1. The minimum Gasteiger partial charge on any atom is -0.307 e. The van der Waals surface area contributed by atoms with Crippen LogP contribution in [0.2, 0.25) is 0 Å². The van der Waals surface area contributed by atoms with Crippen molar-refractivity contribution in [3.8, 4) is 5.69 Å². The van der Waals surface area contributed by atoms with Gasteiger partial charge in [-0.3, -0.25) is 0 Å². The van der Waals surface area contributed by atoms with Gasteiger partial charge in [0, 0.05) is 36.0 Å². The Morgan fingerprint density at radius 3 is 2.55 bits per heavy atom. The van der Waals surface area contributed by atoms with Crippen LogP contribution in [0.15, 0.2) is 54.7 Å². The fraction of sp³-hybridized carbons (Fsp3) is 0.400. The number of nitrogens with zero attached hydrogens (tertiary/aromatic N) is 3. The molecule has 164 valence electrons. The van der Waals surface area contributed by atoms with E-state index in [1.54, 1.807) is 10.9 Å². The van der Waals surface area contributed by atoms with Crippen LogP contribution in [0.5, 0.6) is 0 Å². The molecule has 31 heavy (non-hydrogen) atoms. The van der Waals surface area contributed by atoms with Gasteiger partial charge in [0.2, 0.25) is 0 Å². The minimum absolute atomic E-state index is 0.109. The van der Waals surface area contributed by atoms with E-state index in [4.69, 9.17) is 0 Å². The molecule has 0 radical (unpaired) electrons. The number of piperidine rings is 1. The molecular formula is C25H30F2N4. The van der Waals surface area contributed by atoms with Crippen LogP contribution in [0.1, 0.15) is 42.6 Å². The van der Waals surface area contributed by atoms with E-state index in [1.165, 1.54) is 17.7 Å². The van der Waals surface area contributed by atoms with Gasteiger partial charge in [0.15, 0.2) is 5.82 Å². The number of hydrogen-bond acceptors (Lipinski definition) is 3. The van der Waals surface area contributed by atoms with Crippen LogP contribution in [-0.2, 0) is 6.42 Å². The summed E-state index contributed by atoms with van der Waals surface area (Å²) in [5.74, 6) is -1.20. The van der Waals surface area contributed by atoms with Gasteiger partial charge in [-0.15, -0.1) is 0 Å². The summed E-state index contributed by atoms with van der Waals surface area (Å²) in [5, 5.41) is 8.09. The molecule has 0 amide bonds. The molecule has 2 aromatic carbocycles. The number of aromatic nitrogens is 2. The zero-order valence-electron chi connectivity index (χ0n) is 18.2. The smallest absolute Gasteiger partial charge is 0.151 e. The second-order valence-corrected chi connectivity index (χ2v) is 8.43. The predicted molar refractivity (Wildman–Crippen MR) is 119 cm³/mol. The van der Waals surface area contributed by atoms with E-state index in [1.807, 2.05) is 6.92 Å². The number of likely N-dealkylation sites (tertiary alicyclic amines) is 1. The van der Waals surface area contributed by atoms with Gasteiger partial charge in [0.1, 0.15) is 11.5 Å². The number of halogens is 2. The van der Waals surface area contributed by atoms with Gasteiger partial charge in [0.05, 0.1) is 6.20 Å². The molecule has 6 heteroatoms. The molecule has 0 aliphatic carbocycles. The van der Waals surface area contributed by atoms with Crippen molar-refractivity contribution in [2.75, 3.05) is 19.6 Å². The molecule has 1 N–H and O–H groups in total. The van der Waals surface area contributed by atoms with Crippen molar-refractivity contribution in [1.82, 2.24) is 20.0 Å². The first-order valence-electron chi connectivity index (χ1n) is 11.0. The minimum atomic E-state index is -0.610. The van der Waals surface area contributed by atoms with Gasteiger partial charge in [-0.1, -0.05) is 30.3 Å². The Labute approximate surface area is 182 Å². The lowest BCUT2D eigenvalue weighted by Gasteiger charge is -2.34. The second kappa shape index (κ2) is 9.71. The maximum Gasteiger partial charge on any atom is 0.151 e. The topological polar surface area (TPSA) is 33.1 Å². The van der Waals surface area contributed by atoms with Crippen molar-refractivity contribution >= 4 is 0 Å². The Hall–Kier alpha value is -2.57. The van der Waals surface area contributed by atoms with E-state index >= 15 is 0 Å². The van der Waals surface area contributed by atoms with Crippen molar-refractivity contribution in [3.63, 3.8) is 0 Å². The Morgan fingerprint density at radius 1 is 1.10 bits per heavy atom. The molecular weight excluding hydrogens is 394 g/mol. The summed E-state index contributed by atoms with van der Waals surface area (Å²) in [7, 11) is 0. The van der Waals surface area contributed by atoms with Crippen molar-refractivity contribution in [1.29, 1.82) is 0 Å². The highest BCUT2D eigenvalue weighted by atomic mass is 19.1. The second-order valence-electron chi connectivity index (χ2n) is 8.43. The van der Waals surface area contributed by atoms with Gasteiger partial charge >= 0.3 is 0 Å². The summed E-state index contributed by atoms with van der Waals surface area (Å²) in [4.78, 5) is 2.54. The van der Waals surface area contributed by atoms with E-state index in [-0.39, 0.29) is 11.7 Å². The van der Waals surface area contributed by atoms with Crippen LogP contribution in [0.3, 0.4) is 0 Å². The van der Waals surface area contributed by atoms with Crippen LogP contribution in [0, 0.1) is 18.6 Å². The third kappa shape index (κ3) is 5.20. The molecule has 1 aliphatic rings. The van der Waals surface area contributed by atoms with Gasteiger partial charge < -0.3 is 10.2 Å². The van der Waals surface area contributed by atoms with E-state index in [9.17, 15) is 8.78 Å². The highest BCUT2D eigenvalue weighted by molar-refractivity contribution is 5.37. The summed E-state index contributed by atoms with van der Waals surface area (Å²) >= 11 is 0. The van der Waals surface area contributed by atoms with Crippen LogP contribution in [-0.4, -0.2) is 40.4 Å². The normalized spacial score (nSPS) is 16.5. The first-order chi connectivity index (χ1) is 15.0. The van der Waals surface area contributed by atoms with Crippen molar-refractivity contribution in [3.05, 3.63) is 83.2 Å². The van der Waals surface area contributed by atoms with Crippen LogP contribution < -0.4 is 5.32 Å². The molecule has 0 saturated carbocycles. The molecule has 4 nitrogen and oxygen atoms in total. The van der Waals surface area contributed by atoms with Crippen molar-refractivity contribution in [2.45, 2.75) is 45.2 Å². The summed E-state index contributed by atoms with van der Waals surface area (Å²) in [6, 6.07) is 14.8. The predicted octanol–water partition coefficient (Wildman–Crippen LogP) is 4.82. The Kier molecular flexibility index (Phi) is 6.78. The van der Waals surface area contributed by atoms with E-state index in [0.29, 0.717) is 6.04 Å². The van der Waals surface area contributed by atoms with Gasteiger partial charge in [-0.05, 0) is 63.9 Å². The molecule has 1 saturated heterocycles. The van der Waals surface area contributed by atoms with Gasteiger partial charge in [-0.25, -0.2) is 13.5 Å². The molecule has 1 fully saturated rings. The molecule has 1 atom stereocenters. The van der Waals surface area contributed by atoms with Gasteiger partial charge in [-0.2, -0.15) is 5.10 Å². The SMILES string of the molecule is Cc1c([C@H](C)NC2CCN(CCc3ccccc3)CC2)cnn1-c1ccc(F)cc1F. The quantitative estimate of drug-likeness (QED) is 0.591. The van der Waals surface area contributed by atoms with E-state index in [2.05, 4.69) is 52.6 Å². The fourth-order valence-electron chi connectivity index (χ4n) is 4.44. The van der Waals surface area contributed by atoms with Crippen LogP contribution in [0.4, 0.5) is 8.78 Å². The third-order valence-electron chi connectivity index (χ3n) is 6.29. The van der Waals surface area contributed by atoms with E-state index in [0.717, 1.165) is 56.2 Å². The molecule has 1 aliphatic heterocycles. The first-order valence-corrected chi connectivity index (χ1v) is 11.0. The molecule has 4 rings (SSSR count). The molecule has 0 bridgehead atoms.